The summed E-state index contributed by atoms with van der Waals surface area (Å²) in [6.07, 6.45) is 1.58. The molecule has 3 aromatic carbocycles. The first-order valence-electron chi connectivity index (χ1n) is 9.71. The van der Waals surface area contributed by atoms with Crippen molar-refractivity contribution in [3.63, 3.8) is 0 Å². The number of benzene rings is 3. The van der Waals surface area contributed by atoms with Crippen molar-refractivity contribution < 1.29 is 14.3 Å². The molecular weight excluding hydrogens is 527 g/mol. The summed E-state index contributed by atoms with van der Waals surface area (Å²) in [6, 6.07) is 18.7. The molecule has 160 valence electrons. The molecule has 0 aliphatic rings. The molecule has 0 atom stereocenters. The highest BCUT2D eigenvalue weighted by Crippen LogP contribution is 2.35. The lowest BCUT2D eigenvalue weighted by atomic mass is 10.1. The average Bonchev–Trinajstić information content (AvgIpc) is 2.75. The maximum absolute atomic E-state index is 12.3. The maximum atomic E-state index is 12.3. The highest BCUT2D eigenvalue weighted by molar-refractivity contribution is 14.1. The summed E-state index contributed by atoms with van der Waals surface area (Å²) in [7, 11) is 0. The number of carbonyl (C=O) groups is 1. The average molecular weight is 549 g/mol. The highest BCUT2D eigenvalue weighted by Gasteiger charge is 2.13. The molecule has 7 heteroatoms. The van der Waals surface area contributed by atoms with Crippen LogP contribution in [0.15, 0.2) is 65.8 Å². The second-order valence-electron chi connectivity index (χ2n) is 6.66. The second kappa shape index (κ2) is 11.2. The van der Waals surface area contributed by atoms with Crippen molar-refractivity contribution in [3.8, 4) is 11.5 Å². The molecule has 31 heavy (non-hydrogen) atoms. The van der Waals surface area contributed by atoms with E-state index in [4.69, 9.17) is 21.1 Å². The number of rotatable bonds is 8. The van der Waals surface area contributed by atoms with Crippen molar-refractivity contribution in [2.75, 3.05) is 6.61 Å². The lowest BCUT2D eigenvalue weighted by molar-refractivity contribution is 0.0954. The molecular formula is C24H22ClIN2O3. The Hall–Kier alpha value is -2.58. The molecule has 0 bridgehead atoms. The quantitative estimate of drug-likeness (QED) is 0.214. The number of halogens is 2. The Kier molecular flexibility index (Phi) is 8.31. The molecule has 1 N–H and O–H groups in total. The summed E-state index contributed by atoms with van der Waals surface area (Å²) in [5, 5.41) is 4.75. The Morgan fingerprint density at radius 3 is 2.61 bits per heavy atom. The molecule has 0 spiro atoms. The first-order valence-corrected chi connectivity index (χ1v) is 11.2. The molecule has 0 heterocycles. The van der Waals surface area contributed by atoms with E-state index in [0.717, 1.165) is 20.3 Å². The molecule has 0 aromatic heterocycles. The summed E-state index contributed by atoms with van der Waals surface area (Å²) in [5.74, 6) is 0.991. The predicted octanol–water partition coefficient (Wildman–Crippen LogP) is 5.99. The number of nitrogens with zero attached hydrogens (tertiary/aromatic N) is 1. The van der Waals surface area contributed by atoms with E-state index < -0.39 is 0 Å². The van der Waals surface area contributed by atoms with Gasteiger partial charge in [-0.1, -0.05) is 48.0 Å². The minimum atomic E-state index is -0.256. The monoisotopic (exact) mass is 548 g/mol. The topological polar surface area (TPSA) is 59.9 Å². The normalized spacial score (nSPS) is 10.8. The van der Waals surface area contributed by atoms with Gasteiger partial charge in [-0.25, -0.2) is 5.43 Å². The summed E-state index contributed by atoms with van der Waals surface area (Å²) in [6.45, 7) is 4.61. The maximum Gasteiger partial charge on any atom is 0.271 e. The second-order valence-corrected chi connectivity index (χ2v) is 8.23. The van der Waals surface area contributed by atoms with E-state index in [2.05, 4.69) is 33.1 Å². The van der Waals surface area contributed by atoms with Crippen LogP contribution in [0.5, 0.6) is 11.5 Å². The molecule has 0 unspecified atom stereocenters. The lowest BCUT2D eigenvalue weighted by Gasteiger charge is -2.15. The van der Waals surface area contributed by atoms with E-state index in [0.29, 0.717) is 35.3 Å². The van der Waals surface area contributed by atoms with Crippen molar-refractivity contribution in [1.29, 1.82) is 0 Å². The predicted molar refractivity (Wildman–Crippen MR) is 132 cm³/mol. The van der Waals surface area contributed by atoms with Crippen LogP contribution in [-0.4, -0.2) is 18.7 Å². The molecule has 5 nitrogen and oxygen atoms in total. The van der Waals surface area contributed by atoms with Crippen molar-refractivity contribution in [2.24, 2.45) is 5.10 Å². The van der Waals surface area contributed by atoms with Gasteiger partial charge in [-0.3, -0.25) is 4.79 Å². The zero-order valence-electron chi connectivity index (χ0n) is 17.2. The molecule has 0 fully saturated rings. The van der Waals surface area contributed by atoms with E-state index in [1.807, 2.05) is 68.4 Å². The van der Waals surface area contributed by atoms with Crippen LogP contribution in [0.2, 0.25) is 5.02 Å². The number of amides is 1. The van der Waals surface area contributed by atoms with Crippen molar-refractivity contribution >= 4 is 46.3 Å². The van der Waals surface area contributed by atoms with E-state index in [-0.39, 0.29) is 5.91 Å². The fourth-order valence-electron chi connectivity index (χ4n) is 2.88. The van der Waals surface area contributed by atoms with Gasteiger partial charge >= 0.3 is 0 Å². The minimum absolute atomic E-state index is 0.256. The SMILES string of the molecule is CCOc1cc(/C=N/NC(=O)c2ccccc2C)cc(I)c1OCc1ccccc1Cl. The Labute approximate surface area is 200 Å². The Morgan fingerprint density at radius 1 is 1.13 bits per heavy atom. The van der Waals surface area contributed by atoms with Crippen LogP contribution in [0.3, 0.4) is 0 Å². The molecule has 3 rings (SSSR count). The van der Waals surface area contributed by atoms with Gasteiger partial charge in [0.1, 0.15) is 6.61 Å². The van der Waals surface area contributed by atoms with E-state index in [9.17, 15) is 4.79 Å². The third-order valence-electron chi connectivity index (χ3n) is 4.43. The van der Waals surface area contributed by atoms with Crippen LogP contribution in [0.25, 0.3) is 0 Å². The van der Waals surface area contributed by atoms with Gasteiger partial charge < -0.3 is 9.47 Å². The van der Waals surface area contributed by atoms with Crippen LogP contribution >= 0.6 is 34.2 Å². The summed E-state index contributed by atoms with van der Waals surface area (Å²) >= 11 is 8.42. The first kappa shape index (κ1) is 23.1. The molecule has 1 amide bonds. The van der Waals surface area contributed by atoms with Crippen molar-refractivity contribution in [1.82, 2.24) is 5.43 Å². The summed E-state index contributed by atoms with van der Waals surface area (Å²) in [4.78, 5) is 12.3. The summed E-state index contributed by atoms with van der Waals surface area (Å²) < 4.78 is 12.7. The molecule has 0 saturated carbocycles. The Bertz CT molecular complexity index is 1100. The number of ether oxygens (including phenoxy) is 2. The zero-order chi connectivity index (χ0) is 22.2. The number of aryl methyl sites for hydroxylation is 1. The van der Waals surface area contributed by atoms with Gasteiger partial charge in [0.05, 0.1) is 16.4 Å². The van der Waals surface area contributed by atoms with Crippen LogP contribution in [0, 0.1) is 10.5 Å². The smallest absolute Gasteiger partial charge is 0.271 e. The van der Waals surface area contributed by atoms with Crippen LogP contribution in [0.4, 0.5) is 0 Å². The van der Waals surface area contributed by atoms with E-state index in [1.54, 1.807) is 12.3 Å². The summed E-state index contributed by atoms with van der Waals surface area (Å²) in [5.41, 5.74) is 5.73. The van der Waals surface area contributed by atoms with Crippen LogP contribution < -0.4 is 14.9 Å². The highest BCUT2D eigenvalue weighted by atomic mass is 127. The number of hydrogen-bond acceptors (Lipinski definition) is 4. The molecule has 0 radical (unpaired) electrons. The number of nitrogens with one attached hydrogen (secondary N) is 1. The Morgan fingerprint density at radius 2 is 1.87 bits per heavy atom. The first-order chi connectivity index (χ1) is 15.0. The third-order valence-corrected chi connectivity index (χ3v) is 5.60. The van der Waals surface area contributed by atoms with Crippen molar-refractivity contribution in [3.05, 3.63) is 91.5 Å². The number of carbonyl (C=O) groups excluding carboxylic acids is 1. The molecule has 3 aromatic rings. The van der Waals surface area contributed by atoms with Gasteiger partial charge in [0, 0.05) is 16.1 Å². The standard InChI is InChI=1S/C24H22ClIN2O3/c1-3-30-22-13-17(14-27-28-24(29)19-10-6-4-8-16(19)2)12-21(26)23(22)31-15-18-9-5-7-11-20(18)25/h4-14H,3,15H2,1-2H3,(H,28,29)/b27-14+. The molecule has 0 saturated heterocycles. The van der Waals surface area contributed by atoms with Gasteiger partial charge in [0.2, 0.25) is 0 Å². The van der Waals surface area contributed by atoms with Gasteiger partial charge in [0.15, 0.2) is 11.5 Å². The van der Waals surface area contributed by atoms with Crippen molar-refractivity contribution in [2.45, 2.75) is 20.5 Å². The van der Waals surface area contributed by atoms with E-state index >= 15 is 0 Å². The minimum Gasteiger partial charge on any atom is -0.490 e. The third kappa shape index (κ3) is 6.21. The Balaban J connectivity index is 1.74. The fraction of sp³-hybridized carbons (Fsp3) is 0.167. The van der Waals surface area contributed by atoms with Gasteiger partial charge in [-0.2, -0.15) is 5.10 Å². The van der Waals surface area contributed by atoms with Gasteiger partial charge in [0.25, 0.3) is 5.91 Å². The number of hydrogen-bond donors (Lipinski definition) is 1. The largest absolute Gasteiger partial charge is 0.490 e. The lowest BCUT2D eigenvalue weighted by Crippen LogP contribution is -2.18. The van der Waals surface area contributed by atoms with Crippen LogP contribution in [0.1, 0.15) is 34.0 Å². The zero-order valence-corrected chi connectivity index (χ0v) is 20.1. The molecule has 0 aliphatic heterocycles. The fourth-order valence-corrected chi connectivity index (χ4v) is 3.86. The van der Waals surface area contributed by atoms with Gasteiger partial charge in [-0.05, 0) is 71.8 Å². The van der Waals surface area contributed by atoms with Gasteiger partial charge in [-0.15, -0.1) is 0 Å². The van der Waals surface area contributed by atoms with Crippen LogP contribution in [-0.2, 0) is 6.61 Å². The number of hydrazone groups is 1. The van der Waals surface area contributed by atoms with E-state index in [1.165, 1.54) is 0 Å². The molecule has 0 aliphatic carbocycles.